The fraction of sp³-hybridized carbons (Fsp3) is 0.227. The van der Waals surface area contributed by atoms with Gasteiger partial charge in [0.25, 0.3) is 5.56 Å². The number of rotatable bonds is 9. The van der Waals surface area contributed by atoms with Gasteiger partial charge < -0.3 is 24.3 Å². The Kier molecular flexibility index (Phi) is 6.22. The Morgan fingerprint density at radius 3 is 2.66 bits per heavy atom. The van der Waals surface area contributed by atoms with Crippen molar-refractivity contribution < 1.29 is 13.7 Å². The molecule has 3 heterocycles. The van der Waals surface area contributed by atoms with Gasteiger partial charge in [-0.1, -0.05) is 35.5 Å². The number of nitrogen functional groups attached to an aromatic ring is 1. The van der Waals surface area contributed by atoms with E-state index in [2.05, 4.69) is 10.1 Å². The van der Waals surface area contributed by atoms with Crippen LogP contribution in [-0.4, -0.2) is 28.4 Å². The SMILES string of the molecule is COCCn1c(N)c(N(Cc2ccccc2)Cc2cc(-c3ccco3)on2)c(=O)[nH]c1=O. The molecular formula is C22H23N5O5. The van der Waals surface area contributed by atoms with E-state index in [0.717, 1.165) is 5.56 Å². The molecule has 0 aliphatic heterocycles. The molecule has 3 N–H and O–H groups in total. The molecule has 0 amide bonds. The molecule has 0 aliphatic carbocycles. The highest BCUT2D eigenvalue weighted by Gasteiger charge is 2.21. The molecule has 0 radical (unpaired) electrons. The maximum atomic E-state index is 12.8. The van der Waals surface area contributed by atoms with E-state index >= 15 is 0 Å². The zero-order valence-electron chi connectivity index (χ0n) is 17.5. The molecule has 4 rings (SSSR count). The summed E-state index contributed by atoms with van der Waals surface area (Å²) in [6.07, 6.45) is 1.54. The van der Waals surface area contributed by atoms with Crippen LogP contribution in [0.25, 0.3) is 11.5 Å². The highest BCUT2D eigenvalue weighted by Crippen LogP contribution is 2.25. The van der Waals surface area contributed by atoms with Crippen molar-refractivity contribution in [2.75, 3.05) is 24.4 Å². The van der Waals surface area contributed by atoms with Gasteiger partial charge in [-0.25, -0.2) is 4.79 Å². The summed E-state index contributed by atoms with van der Waals surface area (Å²) in [6, 6.07) is 14.9. The van der Waals surface area contributed by atoms with Crippen molar-refractivity contribution >= 4 is 11.5 Å². The second-order valence-corrected chi connectivity index (χ2v) is 7.14. The Morgan fingerprint density at radius 1 is 1.12 bits per heavy atom. The van der Waals surface area contributed by atoms with E-state index in [1.54, 1.807) is 29.4 Å². The maximum Gasteiger partial charge on any atom is 0.330 e. The summed E-state index contributed by atoms with van der Waals surface area (Å²) < 4.78 is 17.1. The first kappa shape index (κ1) is 21.2. The van der Waals surface area contributed by atoms with Crippen molar-refractivity contribution in [2.24, 2.45) is 0 Å². The molecule has 3 aromatic heterocycles. The standard InChI is InChI=1S/C22H23N5O5/c1-30-11-9-27-20(23)19(21(28)24-22(27)29)26(13-15-6-3-2-4-7-15)14-16-12-18(32-25-16)17-8-5-10-31-17/h2-8,10,12H,9,11,13-14,23H2,1H3,(H,24,28,29). The molecule has 0 aliphatic rings. The van der Waals surface area contributed by atoms with Gasteiger partial charge in [0, 0.05) is 19.7 Å². The van der Waals surface area contributed by atoms with Crippen LogP contribution in [-0.2, 0) is 24.4 Å². The minimum absolute atomic E-state index is 0.0569. The van der Waals surface area contributed by atoms with E-state index in [4.69, 9.17) is 19.4 Å². The van der Waals surface area contributed by atoms with Gasteiger partial charge in [0.2, 0.25) is 5.76 Å². The number of aromatic nitrogens is 3. The summed E-state index contributed by atoms with van der Waals surface area (Å²) in [4.78, 5) is 29.2. The quantitative estimate of drug-likeness (QED) is 0.407. The van der Waals surface area contributed by atoms with Crippen molar-refractivity contribution in [3.05, 3.63) is 86.9 Å². The van der Waals surface area contributed by atoms with Gasteiger partial charge in [0.05, 0.1) is 26.0 Å². The van der Waals surface area contributed by atoms with Gasteiger partial charge in [-0.3, -0.25) is 14.3 Å². The Bertz CT molecular complexity index is 1270. The first-order chi connectivity index (χ1) is 15.6. The molecule has 10 nitrogen and oxygen atoms in total. The van der Waals surface area contributed by atoms with E-state index in [-0.39, 0.29) is 31.2 Å². The molecule has 0 saturated heterocycles. The zero-order valence-corrected chi connectivity index (χ0v) is 17.5. The van der Waals surface area contributed by atoms with Crippen LogP contribution in [0.15, 0.2) is 73.3 Å². The summed E-state index contributed by atoms with van der Waals surface area (Å²) >= 11 is 0. The average molecular weight is 437 g/mol. The molecule has 0 atom stereocenters. The van der Waals surface area contributed by atoms with E-state index < -0.39 is 11.2 Å². The largest absolute Gasteiger partial charge is 0.461 e. The van der Waals surface area contributed by atoms with Crippen LogP contribution in [0, 0.1) is 0 Å². The number of H-pyrrole nitrogens is 1. The molecule has 0 unspecified atom stereocenters. The topological polar surface area (TPSA) is 133 Å². The summed E-state index contributed by atoms with van der Waals surface area (Å²) in [5.41, 5.74) is 6.84. The smallest absolute Gasteiger partial charge is 0.330 e. The van der Waals surface area contributed by atoms with Crippen LogP contribution < -0.4 is 21.9 Å². The Morgan fingerprint density at radius 2 is 1.94 bits per heavy atom. The second-order valence-electron chi connectivity index (χ2n) is 7.14. The van der Waals surface area contributed by atoms with Gasteiger partial charge >= 0.3 is 5.69 Å². The summed E-state index contributed by atoms with van der Waals surface area (Å²) in [5, 5.41) is 4.11. The minimum atomic E-state index is -0.588. The minimum Gasteiger partial charge on any atom is -0.461 e. The molecule has 10 heteroatoms. The summed E-state index contributed by atoms with van der Waals surface area (Å²) in [6.45, 7) is 1.05. The van der Waals surface area contributed by atoms with Crippen LogP contribution in [0.4, 0.5) is 11.5 Å². The normalized spacial score (nSPS) is 11.0. The van der Waals surface area contributed by atoms with Crippen LogP contribution in [0.3, 0.4) is 0 Å². The highest BCUT2D eigenvalue weighted by atomic mass is 16.5. The van der Waals surface area contributed by atoms with Gasteiger partial charge in [-0.2, -0.15) is 0 Å². The predicted octanol–water partition coefficient (Wildman–Crippen LogP) is 2.22. The Balaban J connectivity index is 1.73. The van der Waals surface area contributed by atoms with Gasteiger partial charge in [0.15, 0.2) is 5.76 Å². The van der Waals surface area contributed by atoms with Crippen molar-refractivity contribution in [2.45, 2.75) is 19.6 Å². The number of nitrogens with two attached hydrogens (primary N) is 1. The van der Waals surface area contributed by atoms with Crippen molar-refractivity contribution in [1.29, 1.82) is 0 Å². The number of anilines is 2. The van der Waals surface area contributed by atoms with Gasteiger partial charge in [0.1, 0.15) is 17.2 Å². The summed E-state index contributed by atoms with van der Waals surface area (Å²) in [5.74, 6) is 1.07. The van der Waals surface area contributed by atoms with Crippen molar-refractivity contribution in [1.82, 2.24) is 14.7 Å². The average Bonchev–Trinajstić information content (AvgIpc) is 3.46. The molecule has 1 aromatic carbocycles. The lowest BCUT2D eigenvalue weighted by atomic mass is 10.2. The first-order valence-electron chi connectivity index (χ1n) is 9.96. The highest BCUT2D eigenvalue weighted by molar-refractivity contribution is 5.63. The van der Waals surface area contributed by atoms with Crippen LogP contribution in [0.2, 0.25) is 0 Å². The molecule has 0 bridgehead atoms. The maximum absolute atomic E-state index is 12.8. The number of nitrogens with zero attached hydrogens (tertiary/aromatic N) is 3. The molecule has 0 saturated carbocycles. The number of furan rings is 1. The zero-order chi connectivity index (χ0) is 22.5. The number of ether oxygens (including phenoxy) is 1. The number of methoxy groups -OCH3 is 1. The third kappa shape index (κ3) is 4.49. The monoisotopic (exact) mass is 437 g/mol. The molecular weight excluding hydrogens is 414 g/mol. The number of nitrogens with one attached hydrogen (secondary N) is 1. The van der Waals surface area contributed by atoms with E-state index in [1.165, 1.54) is 11.7 Å². The molecule has 4 aromatic rings. The van der Waals surface area contributed by atoms with Crippen LogP contribution in [0.5, 0.6) is 0 Å². The fourth-order valence-electron chi connectivity index (χ4n) is 3.42. The Hall–Kier alpha value is -4.05. The third-order valence-corrected chi connectivity index (χ3v) is 4.94. The lowest BCUT2D eigenvalue weighted by Gasteiger charge is -2.25. The first-order valence-corrected chi connectivity index (χ1v) is 9.96. The predicted molar refractivity (Wildman–Crippen MR) is 118 cm³/mol. The van der Waals surface area contributed by atoms with Gasteiger partial charge in [-0.05, 0) is 17.7 Å². The van der Waals surface area contributed by atoms with Crippen LogP contribution >= 0.6 is 0 Å². The lowest BCUT2D eigenvalue weighted by molar-refractivity contribution is 0.186. The fourth-order valence-corrected chi connectivity index (χ4v) is 3.42. The van der Waals surface area contributed by atoms with Crippen molar-refractivity contribution in [3.8, 4) is 11.5 Å². The molecule has 32 heavy (non-hydrogen) atoms. The molecule has 0 fully saturated rings. The summed E-state index contributed by atoms with van der Waals surface area (Å²) in [7, 11) is 1.52. The molecule has 166 valence electrons. The second kappa shape index (κ2) is 9.40. The van der Waals surface area contributed by atoms with E-state index in [9.17, 15) is 9.59 Å². The van der Waals surface area contributed by atoms with Crippen molar-refractivity contribution in [3.63, 3.8) is 0 Å². The molecule has 0 spiro atoms. The van der Waals surface area contributed by atoms with Gasteiger partial charge in [-0.15, -0.1) is 0 Å². The van der Waals surface area contributed by atoms with E-state index in [0.29, 0.717) is 23.8 Å². The number of aromatic amines is 1. The Labute approximate surface area is 182 Å². The number of benzene rings is 1. The lowest BCUT2D eigenvalue weighted by Crippen LogP contribution is -2.38. The number of hydrogen-bond acceptors (Lipinski definition) is 8. The third-order valence-electron chi connectivity index (χ3n) is 4.94. The number of hydrogen-bond donors (Lipinski definition) is 2. The van der Waals surface area contributed by atoms with E-state index in [1.807, 2.05) is 30.3 Å². The van der Waals surface area contributed by atoms with Crippen LogP contribution in [0.1, 0.15) is 11.3 Å².